The SMILES string of the molecule is COc1cc2c(cc1NC(=O)[C@@H](C)Sc1nc(C)c(C)c(C)n1)oc1ccccc12. The summed E-state index contributed by atoms with van der Waals surface area (Å²) < 4.78 is 11.5. The van der Waals surface area contributed by atoms with Gasteiger partial charge in [0.1, 0.15) is 16.9 Å². The van der Waals surface area contributed by atoms with E-state index in [2.05, 4.69) is 15.3 Å². The molecule has 154 valence electrons. The summed E-state index contributed by atoms with van der Waals surface area (Å²) in [6.07, 6.45) is 0. The Balaban J connectivity index is 1.59. The number of aromatic nitrogens is 2. The van der Waals surface area contributed by atoms with Crippen LogP contribution in [-0.4, -0.2) is 28.2 Å². The summed E-state index contributed by atoms with van der Waals surface area (Å²) in [6.45, 7) is 7.73. The number of carbonyl (C=O) groups is 1. The minimum Gasteiger partial charge on any atom is -0.495 e. The van der Waals surface area contributed by atoms with Gasteiger partial charge in [-0.1, -0.05) is 30.0 Å². The molecule has 4 aromatic rings. The Hall–Kier alpha value is -3.06. The van der Waals surface area contributed by atoms with Crippen LogP contribution in [0.1, 0.15) is 23.9 Å². The van der Waals surface area contributed by atoms with Gasteiger partial charge in [-0.2, -0.15) is 0 Å². The normalized spacial score (nSPS) is 12.3. The van der Waals surface area contributed by atoms with Gasteiger partial charge in [0.15, 0.2) is 5.16 Å². The van der Waals surface area contributed by atoms with E-state index in [0.29, 0.717) is 22.2 Å². The van der Waals surface area contributed by atoms with Crippen molar-refractivity contribution in [3.05, 3.63) is 53.3 Å². The van der Waals surface area contributed by atoms with Crippen molar-refractivity contribution in [1.82, 2.24) is 9.97 Å². The predicted octanol–water partition coefficient (Wildman–Crippen LogP) is 5.43. The monoisotopic (exact) mass is 421 g/mol. The molecule has 0 bridgehead atoms. The molecule has 4 rings (SSSR count). The van der Waals surface area contributed by atoms with E-state index < -0.39 is 0 Å². The highest BCUT2D eigenvalue weighted by Gasteiger charge is 2.20. The van der Waals surface area contributed by atoms with E-state index in [1.165, 1.54) is 11.8 Å². The van der Waals surface area contributed by atoms with Gasteiger partial charge in [-0.3, -0.25) is 4.79 Å². The van der Waals surface area contributed by atoms with E-state index in [1.54, 1.807) is 13.2 Å². The van der Waals surface area contributed by atoms with Gasteiger partial charge in [0.05, 0.1) is 18.0 Å². The lowest BCUT2D eigenvalue weighted by atomic mass is 10.1. The number of carbonyl (C=O) groups excluding carboxylic acids is 1. The van der Waals surface area contributed by atoms with Gasteiger partial charge in [0.25, 0.3) is 0 Å². The summed E-state index contributed by atoms with van der Waals surface area (Å²) >= 11 is 1.33. The van der Waals surface area contributed by atoms with Gasteiger partial charge in [-0.25, -0.2) is 9.97 Å². The number of nitrogens with zero attached hydrogens (tertiary/aromatic N) is 2. The number of thioether (sulfide) groups is 1. The molecule has 0 aliphatic rings. The largest absolute Gasteiger partial charge is 0.495 e. The zero-order valence-electron chi connectivity index (χ0n) is 17.6. The van der Waals surface area contributed by atoms with Crippen molar-refractivity contribution in [2.75, 3.05) is 12.4 Å². The standard InChI is InChI=1S/C23H23N3O3S/c1-12-13(2)24-23(25-14(12)3)30-15(4)22(27)26-18-11-20-17(10-21(18)28-5)16-8-6-7-9-19(16)29-20/h6-11,15H,1-5H3,(H,26,27)/t15-/m1/s1. The first-order valence-corrected chi connectivity index (χ1v) is 10.5. The maximum Gasteiger partial charge on any atom is 0.237 e. The van der Waals surface area contributed by atoms with Crippen molar-refractivity contribution < 1.29 is 13.9 Å². The number of aryl methyl sites for hydroxylation is 2. The average Bonchev–Trinajstić information content (AvgIpc) is 3.08. The Labute approximate surface area is 179 Å². The summed E-state index contributed by atoms with van der Waals surface area (Å²) in [5.41, 5.74) is 4.98. The van der Waals surface area contributed by atoms with Crippen molar-refractivity contribution in [2.45, 2.75) is 38.1 Å². The molecule has 6 nitrogen and oxygen atoms in total. The minimum absolute atomic E-state index is 0.159. The Morgan fingerprint density at radius 1 is 1.07 bits per heavy atom. The smallest absolute Gasteiger partial charge is 0.237 e. The Kier molecular flexibility index (Phi) is 5.39. The third-order valence-corrected chi connectivity index (χ3v) is 6.18. The first-order valence-electron chi connectivity index (χ1n) is 9.66. The molecule has 30 heavy (non-hydrogen) atoms. The van der Waals surface area contributed by atoms with Crippen molar-refractivity contribution in [2.24, 2.45) is 0 Å². The van der Waals surface area contributed by atoms with Crippen LogP contribution in [0.3, 0.4) is 0 Å². The molecule has 0 aliphatic heterocycles. The van der Waals surface area contributed by atoms with Gasteiger partial charge in [0, 0.05) is 28.2 Å². The van der Waals surface area contributed by atoms with E-state index in [9.17, 15) is 4.79 Å². The molecular formula is C23H23N3O3S. The molecule has 0 spiro atoms. The van der Waals surface area contributed by atoms with Crippen LogP contribution in [0.15, 0.2) is 46.0 Å². The Morgan fingerprint density at radius 3 is 2.47 bits per heavy atom. The first-order chi connectivity index (χ1) is 14.4. The number of hydrogen-bond acceptors (Lipinski definition) is 6. The summed E-state index contributed by atoms with van der Waals surface area (Å²) in [5, 5.41) is 5.12. The lowest BCUT2D eigenvalue weighted by molar-refractivity contribution is -0.115. The van der Waals surface area contributed by atoms with Gasteiger partial charge in [-0.05, 0) is 45.4 Å². The lowest BCUT2D eigenvalue weighted by Crippen LogP contribution is -2.23. The molecule has 0 radical (unpaired) electrons. The Morgan fingerprint density at radius 2 is 1.77 bits per heavy atom. The van der Waals surface area contributed by atoms with E-state index in [1.807, 2.05) is 58.0 Å². The maximum atomic E-state index is 12.9. The molecule has 1 atom stereocenters. The summed E-state index contributed by atoms with van der Waals surface area (Å²) in [7, 11) is 1.59. The van der Waals surface area contributed by atoms with E-state index >= 15 is 0 Å². The van der Waals surface area contributed by atoms with Crippen LogP contribution in [0.25, 0.3) is 21.9 Å². The second kappa shape index (κ2) is 7.99. The molecule has 2 aromatic heterocycles. The molecule has 1 N–H and O–H groups in total. The summed E-state index contributed by atoms with van der Waals surface area (Å²) in [5.74, 6) is 0.422. The molecule has 0 fully saturated rings. The molecule has 0 saturated heterocycles. The quantitative estimate of drug-likeness (QED) is 0.342. The average molecular weight is 422 g/mol. The van der Waals surface area contributed by atoms with Gasteiger partial charge in [-0.15, -0.1) is 0 Å². The van der Waals surface area contributed by atoms with Crippen LogP contribution in [0.5, 0.6) is 5.75 Å². The zero-order chi connectivity index (χ0) is 21.4. The number of rotatable bonds is 5. The second-order valence-corrected chi connectivity index (χ2v) is 8.51. The third kappa shape index (κ3) is 3.73. The highest BCUT2D eigenvalue weighted by atomic mass is 32.2. The fraction of sp³-hybridized carbons (Fsp3) is 0.261. The van der Waals surface area contributed by atoms with E-state index in [4.69, 9.17) is 9.15 Å². The topological polar surface area (TPSA) is 77.2 Å². The van der Waals surface area contributed by atoms with Gasteiger partial charge in [0.2, 0.25) is 5.91 Å². The van der Waals surface area contributed by atoms with Crippen LogP contribution in [0.2, 0.25) is 0 Å². The van der Waals surface area contributed by atoms with Crippen molar-refractivity contribution in [3.63, 3.8) is 0 Å². The number of anilines is 1. The first kappa shape index (κ1) is 20.2. The van der Waals surface area contributed by atoms with Crippen molar-refractivity contribution in [3.8, 4) is 5.75 Å². The number of nitrogens with one attached hydrogen (secondary N) is 1. The molecule has 1 amide bonds. The predicted molar refractivity (Wildman–Crippen MR) is 120 cm³/mol. The third-order valence-electron chi connectivity index (χ3n) is 5.22. The maximum absolute atomic E-state index is 12.9. The number of hydrogen-bond donors (Lipinski definition) is 1. The second-order valence-electron chi connectivity index (χ2n) is 7.20. The van der Waals surface area contributed by atoms with Crippen LogP contribution < -0.4 is 10.1 Å². The molecule has 2 heterocycles. The molecule has 0 aliphatic carbocycles. The number of ether oxygens (including phenoxy) is 1. The zero-order valence-corrected chi connectivity index (χ0v) is 18.4. The lowest BCUT2D eigenvalue weighted by Gasteiger charge is -2.14. The fourth-order valence-electron chi connectivity index (χ4n) is 3.26. The number of benzene rings is 2. The number of furan rings is 1. The number of fused-ring (bicyclic) bond motifs is 3. The molecule has 0 saturated carbocycles. The molecule has 7 heteroatoms. The van der Waals surface area contributed by atoms with E-state index in [-0.39, 0.29) is 11.2 Å². The number of amides is 1. The van der Waals surface area contributed by atoms with Crippen molar-refractivity contribution in [1.29, 1.82) is 0 Å². The van der Waals surface area contributed by atoms with Gasteiger partial charge < -0.3 is 14.5 Å². The highest BCUT2D eigenvalue weighted by Crippen LogP contribution is 2.36. The van der Waals surface area contributed by atoms with Crippen LogP contribution in [0, 0.1) is 20.8 Å². The van der Waals surface area contributed by atoms with Crippen LogP contribution >= 0.6 is 11.8 Å². The summed E-state index contributed by atoms with van der Waals surface area (Å²) in [6, 6.07) is 11.5. The van der Waals surface area contributed by atoms with Crippen molar-refractivity contribution >= 4 is 45.3 Å². The van der Waals surface area contributed by atoms with Crippen LogP contribution in [-0.2, 0) is 4.79 Å². The highest BCUT2D eigenvalue weighted by molar-refractivity contribution is 8.00. The fourth-order valence-corrected chi connectivity index (χ4v) is 4.12. The number of para-hydroxylation sites is 1. The molecular weight excluding hydrogens is 398 g/mol. The van der Waals surface area contributed by atoms with Gasteiger partial charge >= 0.3 is 0 Å². The molecule has 0 unspecified atom stereocenters. The summed E-state index contributed by atoms with van der Waals surface area (Å²) in [4.78, 5) is 21.8. The van der Waals surface area contributed by atoms with Crippen LogP contribution in [0.4, 0.5) is 5.69 Å². The minimum atomic E-state index is -0.386. The number of methoxy groups -OCH3 is 1. The Bertz CT molecular complexity index is 1240. The molecule has 2 aromatic carbocycles. The van der Waals surface area contributed by atoms with E-state index in [0.717, 1.165) is 33.3 Å².